The van der Waals surface area contributed by atoms with Crippen LogP contribution in [0.3, 0.4) is 0 Å². The van der Waals surface area contributed by atoms with Crippen LogP contribution in [0.2, 0.25) is 0 Å². The van der Waals surface area contributed by atoms with Crippen molar-refractivity contribution in [3.8, 4) is 18.1 Å². The first-order valence-electron chi connectivity index (χ1n) is 10.3. The largest absolute Gasteiger partial charge is 0.490 e. The zero-order chi connectivity index (χ0) is 21.6. The molecule has 1 aliphatic heterocycles. The van der Waals surface area contributed by atoms with Gasteiger partial charge in [0.2, 0.25) is 0 Å². The molecule has 2 aromatic rings. The molecule has 2 N–H and O–H groups in total. The molecule has 0 saturated heterocycles. The standard InChI is InChI=1S/C20H24FNO2.C3H4.C2H6/c1-14(18(23)13-22-12-15-5-3-2-4-6-15)19-9-7-16-11-17(21)8-10-20(16)24-19;1-3-2;1-2/h2-6,8,10-11,14,18-19,22-23H,7,9,12-13H2,1H3;1H,2H3;1-2H3. The summed E-state index contributed by atoms with van der Waals surface area (Å²) in [5.41, 5.74) is 2.11. The minimum atomic E-state index is -0.485. The summed E-state index contributed by atoms with van der Waals surface area (Å²) in [6, 6.07) is 14.8. The Morgan fingerprint density at radius 2 is 1.90 bits per heavy atom. The second kappa shape index (κ2) is 13.8. The lowest BCUT2D eigenvalue weighted by Gasteiger charge is -2.33. The molecule has 4 heteroatoms. The number of aryl methyl sites for hydroxylation is 1. The van der Waals surface area contributed by atoms with E-state index in [1.54, 1.807) is 13.0 Å². The van der Waals surface area contributed by atoms with E-state index in [9.17, 15) is 9.50 Å². The van der Waals surface area contributed by atoms with Gasteiger partial charge in [0.25, 0.3) is 0 Å². The molecule has 1 heterocycles. The highest BCUT2D eigenvalue weighted by Crippen LogP contribution is 2.31. The Morgan fingerprint density at radius 3 is 2.55 bits per heavy atom. The minimum Gasteiger partial charge on any atom is -0.490 e. The molecule has 0 spiro atoms. The van der Waals surface area contributed by atoms with Gasteiger partial charge in [0.05, 0.1) is 6.10 Å². The van der Waals surface area contributed by atoms with E-state index in [1.165, 1.54) is 17.7 Å². The van der Waals surface area contributed by atoms with Gasteiger partial charge in [-0.2, -0.15) is 0 Å². The first-order valence-corrected chi connectivity index (χ1v) is 10.3. The van der Waals surface area contributed by atoms with E-state index in [-0.39, 0.29) is 17.8 Å². The number of hydrogen-bond donors (Lipinski definition) is 2. The third-order valence-corrected chi connectivity index (χ3v) is 4.72. The minimum absolute atomic E-state index is 0.00600. The van der Waals surface area contributed by atoms with Crippen LogP contribution < -0.4 is 10.1 Å². The second-order valence-corrected chi connectivity index (χ2v) is 6.78. The molecule has 0 aromatic heterocycles. The molecule has 3 rings (SSSR count). The molecule has 158 valence electrons. The first-order chi connectivity index (χ1) is 14.0. The first kappa shape index (κ1) is 24.7. The predicted molar refractivity (Wildman–Crippen MR) is 118 cm³/mol. The van der Waals surface area contributed by atoms with Gasteiger partial charge in [0.15, 0.2) is 0 Å². The lowest BCUT2D eigenvalue weighted by Crippen LogP contribution is -2.41. The molecule has 2 aromatic carbocycles. The van der Waals surface area contributed by atoms with E-state index in [0.29, 0.717) is 6.54 Å². The third kappa shape index (κ3) is 8.27. The number of halogens is 1. The Hall–Kier alpha value is -2.35. The van der Waals surface area contributed by atoms with Crippen LogP contribution in [0.5, 0.6) is 5.75 Å². The van der Waals surface area contributed by atoms with Crippen LogP contribution in [0.4, 0.5) is 4.39 Å². The summed E-state index contributed by atoms with van der Waals surface area (Å²) >= 11 is 0. The van der Waals surface area contributed by atoms with Gasteiger partial charge in [-0.1, -0.05) is 51.1 Å². The van der Waals surface area contributed by atoms with E-state index in [0.717, 1.165) is 30.7 Å². The molecule has 3 atom stereocenters. The lowest BCUT2D eigenvalue weighted by atomic mass is 9.90. The third-order valence-electron chi connectivity index (χ3n) is 4.72. The number of aliphatic hydroxyl groups is 1. The van der Waals surface area contributed by atoms with Crippen molar-refractivity contribution in [1.29, 1.82) is 0 Å². The Labute approximate surface area is 175 Å². The number of terminal acetylenes is 1. The monoisotopic (exact) mass is 399 g/mol. The van der Waals surface area contributed by atoms with E-state index in [1.807, 2.05) is 39.0 Å². The number of nitrogens with one attached hydrogen (secondary N) is 1. The summed E-state index contributed by atoms with van der Waals surface area (Å²) in [5, 5.41) is 13.7. The second-order valence-electron chi connectivity index (χ2n) is 6.78. The van der Waals surface area contributed by atoms with Crippen molar-refractivity contribution in [2.24, 2.45) is 5.92 Å². The number of fused-ring (bicyclic) bond motifs is 1. The highest BCUT2D eigenvalue weighted by atomic mass is 19.1. The molecule has 3 unspecified atom stereocenters. The van der Waals surface area contributed by atoms with Crippen LogP contribution >= 0.6 is 0 Å². The number of ether oxygens (including phenoxy) is 1. The summed E-state index contributed by atoms with van der Waals surface area (Å²) in [6.07, 6.45) is 5.65. The number of benzene rings is 2. The summed E-state index contributed by atoms with van der Waals surface area (Å²) in [5.74, 6) is 2.77. The molecule has 0 amide bonds. The van der Waals surface area contributed by atoms with Crippen molar-refractivity contribution < 1.29 is 14.2 Å². The maximum Gasteiger partial charge on any atom is 0.123 e. The molecule has 29 heavy (non-hydrogen) atoms. The SMILES string of the molecule is C#CC.CC.CC(C(O)CNCc1ccccc1)C1CCc2cc(F)ccc2O1. The van der Waals surface area contributed by atoms with Gasteiger partial charge >= 0.3 is 0 Å². The van der Waals surface area contributed by atoms with Crippen LogP contribution in [-0.2, 0) is 13.0 Å². The fourth-order valence-electron chi connectivity index (χ4n) is 3.14. The van der Waals surface area contributed by atoms with E-state index in [4.69, 9.17) is 4.74 Å². The topological polar surface area (TPSA) is 41.5 Å². The van der Waals surface area contributed by atoms with Crippen molar-refractivity contribution in [2.75, 3.05) is 6.54 Å². The van der Waals surface area contributed by atoms with Gasteiger partial charge in [0, 0.05) is 19.0 Å². The summed E-state index contributed by atoms with van der Waals surface area (Å²) < 4.78 is 19.2. The molecule has 0 radical (unpaired) electrons. The lowest BCUT2D eigenvalue weighted by molar-refractivity contribution is 0.0255. The van der Waals surface area contributed by atoms with Crippen LogP contribution in [0, 0.1) is 24.1 Å². The molecule has 3 nitrogen and oxygen atoms in total. The average molecular weight is 400 g/mol. The van der Waals surface area contributed by atoms with Crippen molar-refractivity contribution >= 4 is 0 Å². The quantitative estimate of drug-likeness (QED) is 0.674. The molecule has 0 aliphatic carbocycles. The van der Waals surface area contributed by atoms with Crippen LogP contribution in [0.25, 0.3) is 0 Å². The normalized spacial score (nSPS) is 16.4. The molecular formula is C25H34FNO2. The maximum atomic E-state index is 13.3. The van der Waals surface area contributed by atoms with Crippen molar-refractivity contribution in [1.82, 2.24) is 5.32 Å². The fraction of sp³-hybridized carbons (Fsp3) is 0.440. The Morgan fingerprint density at radius 1 is 1.24 bits per heavy atom. The van der Waals surface area contributed by atoms with Crippen LogP contribution in [-0.4, -0.2) is 23.9 Å². The molecule has 1 aliphatic rings. The van der Waals surface area contributed by atoms with Gasteiger partial charge in [-0.15, -0.1) is 12.3 Å². The molecular weight excluding hydrogens is 365 g/mol. The molecule has 0 fully saturated rings. The summed E-state index contributed by atoms with van der Waals surface area (Å²) in [7, 11) is 0. The van der Waals surface area contributed by atoms with Gasteiger partial charge in [0.1, 0.15) is 17.7 Å². The Bertz CT molecular complexity index is 742. The Balaban J connectivity index is 0.000000771. The van der Waals surface area contributed by atoms with Gasteiger partial charge in [-0.05, 0) is 49.1 Å². The number of hydrogen-bond acceptors (Lipinski definition) is 3. The number of rotatable bonds is 6. The predicted octanol–water partition coefficient (Wildman–Crippen LogP) is 4.97. The van der Waals surface area contributed by atoms with Crippen molar-refractivity contribution in [2.45, 2.75) is 59.3 Å². The van der Waals surface area contributed by atoms with Gasteiger partial charge in [-0.25, -0.2) is 4.39 Å². The fourth-order valence-corrected chi connectivity index (χ4v) is 3.14. The average Bonchev–Trinajstić information content (AvgIpc) is 2.75. The number of aliphatic hydroxyl groups excluding tert-OH is 1. The highest BCUT2D eigenvalue weighted by molar-refractivity contribution is 5.35. The molecule has 0 saturated carbocycles. The van der Waals surface area contributed by atoms with E-state index >= 15 is 0 Å². The van der Waals surface area contributed by atoms with Crippen LogP contribution in [0.1, 0.15) is 45.2 Å². The molecule has 0 bridgehead atoms. The maximum absolute atomic E-state index is 13.3. The Kier molecular flexibility index (Phi) is 11.7. The summed E-state index contributed by atoms with van der Waals surface area (Å²) in [4.78, 5) is 0. The van der Waals surface area contributed by atoms with E-state index < -0.39 is 6.10 Å². The zero-order valence-electron chi connectivity index (χ0n) is 18.0. The van der Waals surface area contributed by atoms with Gasteiger partial charge in [-0.3, -0.25) is 0 Å². The zero-order valence-corrected chi connectivity index (χ0v) is 18.0. The van der Waals surface area contributed by atoms with Crippen molar-refractivity contribution in [3.63, 3.8) is 0 Å². The highest BCUT2D eigenvalue weighted by Gasteiger charge is 2.29. The smallest absolute Gasteiger partial charge is 0.123 e. The van der Waals surface area contributed by atoms with Crippen LogP contribution in [0.15, 0.2) is 48.5 Å². The van der Waals surface area contributed by atoms with Crippen molar-refractivity contribution in [3.05, 3.63) is 65.5 Å². The van der Waals surface area contributed by atoms with E-state index in [2.05, 4.69) is 29.8 Å². The van der Waals surface area contributed by atoms with Gasteiger partial charge < -0.3 is 15.2 Å². The summed E-state index contributed by atoms with van der Waals surface area (Å²) in [6.45, 7) is 8.92.